The fourth-order valence-electron chi connectivity index (χ4n) is 1.48. The molecule has 0 N–H and O–H groups in total. The summed E-state index contributed by atoms with van der Waals surface area (Å²) in [5.41, 5.74) is 0. The molecule has 0 saturated heterocycles. The lowest BCUT2D eigenvalue weighted by Gasteiger charge is -2.25. The average molecular weight is 271 g/mol. The van der Waals surface area contributed by atoms with E-state index in [-0.39, 0.29) is 11.5 Å². The standard InChI is InChI=1S/C12H17NO4S/c1-4-17-12(14)13(10(2)3)18(15,16)11-8-6-5-7-9-11/h5-10H,4H2,1-3H3. The number of sulfonamides is 1. The van der Waals surface area contributed by atoms with E-state index in [1.54, 1.807) is 39.0 Å². The Hall–Kier alpha value is -1.56. The summed E-state index contributed by atoms with van der Waals surface area (Å²) in [7, 11) is -3.86. The second-order valence-electron chi connectivity index (χ2n) is 3.91. The number of benzene rings is 1. The Kier molecular flexibility index (Phi) is 4.72. The summed E-state index contributed by atoms with van der Waals surface area (Å²) in [6, 6.07) is 7.32. The molecule has 0 aliphatic rings. The first-order valence-electron chi connectivity index (χ1n) is 5.67. The van der Waals surface area contributed by atoms with Gasteiger partial charge >= 0.3 is 6.09 Å². The highest BCUT2D eigenvalue weighted by Gasteiger charge is 2.32. The number of hydrogen-bond donors (Lipinski definition) is 0. The summed E-state index contributed by atoms with van der Waals surface area (Å²) >= 11 is 0. The topological polar surface area (TPSA) is 63.7 Å². The van der Waals surface area contributed by atoms with Crippen LogP contribution in [0.15, 0.2) is 35.2 Å². The lowest BCUT2D eigenvalue weighted by atomic mass is 10.4. The van der Waals surface area contributed by atoms with Crippen molar-refractivity contribution in [1.29, 1.82) is 0 Å². The molecule has 0 heterocycles. The van der Waals surface area contributed by atoms with E-state index in [4.69, 9.17) is 4.74 Å². The Morgan fingerprint density at radius 2 is 1.83 bits per heavy atom. The predicted octanol–water partition coefficient (Wildman–Crippen LogP) is 2.24. The molecule has 0 aliphatic heterocycles. The normalized spacial score (nSPS) is 11.3. The molecule has 1 aromatic rings. The smallest absolute Gasteiger partial charge is 0.424 e. The van der Waals surface area contributed by atoms with E-state index in [2.05, 4.69) is 0 Å². The second-order valence-corrected chi connectivity index (χ2v) is 5.72. The highest BCUT2D eigenvalue weighted by molar-refractivity contribution is 7.89. The van der Waals surface area contributed by atoms with E-state index in [0.29, 0.717) is 0 Å². The molecule has 1 amide bonds. The highest BCUT2D eigenvalue weighted by atomic mass is 32.2. The molecule has 1 aromatic carbocycles. The lowest BCUT2D eigenvalue weighted by Crippen LogP contribution is -2.42. The Balaban J connectivity index is 3.18. The molecule has 0 bridgehead atoms. The molecular formula is C12H17NO4S. The Labute approximate surface area is 107 Å². The van der Waals surface area contributed by atoms with Gasteiger partial charge in [0.25, 0.3) is 10.0 Å². The molecule has 0 aliphatic carbocycles. The van der Waals surface area contributed by atoms with Crippen molar-refractivity contribution in [2.45, 2.75) is 31.7 Å². The summed E-state index contributed by atoms with van der Waals surface area (Å²) in [5, 5.41) is 0. The van der Waals surface area contributed by atoms with E-state index >= 15 is 0 Å². The quantitative estimate of drug-likeness (QED) is 0.842. The van der Waals surface area contributed by atoms with Gasteiger partial charge in [0.15, 0.2) is 0 Å². The summed E-state index contributed by atoms with van der Waals surface area (Å²) in [6.45, 7) is 5.01. The predicted molar refractivity (Wildman–Crippen MR) is 67.6 cm³/mol. The number of carbonyl (C=O) groups excluding carboxylic acids is 1. The number of hydrogen-bond acceptors (Lipinski definition) is 4. The van der Waals surface area contributed by atoms with Crippen molar-refractivity contribution in [2.75, 3.05) is 6.61 Å². The molecule has 0 radical (unpaired) electrons. The molecule has 18 heavy (non-hydrogen) atoms. The summed E-state index contributed by atoms with van der Waals surface area (Å²) in [4.78, 5) is 11.8. The summed E-state index contributed by atoms with van der Waals surface area (Å²) in [5.74, 6) is 0. The van der Waals surface area contributed by atoms with Crippen LogP contribution in [0.2, 0.25) is 0 Å². The van der Waals surface area contributed by atoms with Crippen LogP contribution in [0, 0.1) is 0 Å². The fraction of sp³-hybridized carbons (Fsp3) is 0.417. The minimum atomic E-state index is -3.86. The van der Waals surface area contributed by atoms with E-state index in [1.165, 1.54) is 12.1 Å². The molecule has 0 atom stereocenters. The van der Waals surface area contributed by atoms with Crippen molar-refractivity contribution < 1.29 is 17.9 Å². The van der Waals surface area contributed by atoms with Crippen LogP contribution in [0.3, 0.4) is 0 Å². The van der Waals surface area contributed by atoms with Crippen LogP contribution >= 0.6 is 0 Å². The molecule has 0 spiro atoms. The molecule has 100 valence electrons. The van der Waals surface area contributed by atoms with Crippen molar-refractivity contribution in [3.8, 4) is 0 Å². The van der Waals surface area contributed by atoms with Gasteiger partial charge in [-0.25, -0.2) is 13.2 Å². The molecule has 0 unspecified atom stereocenters. The number of amides is 1. The molecule has 5 nitrogen and oxygen atoms in total. The SMILES string of the molecule is CCOC(=O)N(C(C)C)S(=O)(=O)c1ccccc1. The van der Waals surface area contributed by atoms with Crippen LogP contribution in [0.4, 0.5) is 4.79 Å². The number of ether oxygens (including phenoxy) is 1. The Morgan fingerprint density at radius 1 is 1.28 bits per heavy atom. The molecule has 0 saturated carbocycles. The van der Waals surface area contributed by atoms with Crippen LogP contribution in [0.25, 0.3) is 0 Å². The van der Waals surface area contributed by atoms with Crippen molar-refractivity contribution in [3.63, 3.8) is 0 Å². The first-order valence-corrected chi connectivity index (χ1v) is 7.11. The van der Waals surface area contributed by atoms with Gasteiger partial charge in [-0.3, -0.25) is 0 Å². The van der Waals surface area contributed by atoms with Crippen LogP contribution < -0.4 is 0 Å². The van der Waals surface area contributed by atoms with Crippen LogP contribution in [-0.2, 0) is 14.8 Å². The third kappa shape index (κ3) is 3.01. The van der Waals surface area contributed by atoms with Crippen molar-refractivity contribution in [3.05, 3.63) is 30.3 Å². The zero-order valence-electron chi connectivity index (χ0n) is 10.7. The Morgan fingerprint density at radius 3 is 2.28 bits per heavy atom. The van der Waals surface area contributed by atoms with Gasteiger partial charge in [-0.15, -0.1) is 0 Å². The monoisotopic (exact) mass is 271 g/mol. The van der Waals surface area contributed by atoms with Crippen molar-refractivity contribution in [2.24, 2.45) is 0 Å². The van der Waals surface area contributed by atoms with Gasteiger partial charge in [0, 0.05) is 6.04 Å². The fourth-order valence-corrected chi connectivity index (χ4v) is 3.01. The van der Waals surface area contributed by atoms with Gasteiger partial charge in [0.05, 0.1) is 11.5 Å². The van der Waals surface area contributed by atoms with Crippen LogP contribution in [-0.4, -0.2) is 31.5 Å². The molecule has 0 fully saturated rings. The second kappa shape index (κ2) is 5.86. The van der Waals surface area contributed by atoms with Gasteiger partial charge in [-0.2, -0.15) is 4.31 Å². The van der Waals surface area contributed by atoms with Gasteiger partial charge in [-0.1, -0.05) is 18.2 Å². The lowest BCUT2D eigenvalue weighted by molar-refractivity contribution is 0.124. The maximum atomic E-state index is 12.3. The van der Waals surface area contributed by atoms with Crippen LogP contribution in [0.5, 0.6) is 0 Å². The van der Waals surface area contributed by atoms with Crippen LogP contribution in [0.1, 0.15) is 20.8 Å². The Bertz CT molecular complexity index is 496. The maximum absolute atomic E-state index is 12.3. The number of rotatable bonds is 4. The van der Waals surface area contributed by atoms with Gasteiger partial charge < -0.3 is 4.74 Å². The minimum absolute atomic E-state index is 0.0757. The molecule has 6 heteroatoms. The van der Waals surface area contributed by atoms with Gasteiger partial charge in [0.2, 0.25) is 0 Å². The first kappa shape index (κ1) is 14.5. The average Bonchev–Trinajstić information content (AvgIpc) is 2.29. The van der Waals surface area contributed by atoms with E-state index < -0.39 is 22.2 Å². The van der Waals surface area contributed by atoms with Gasteiger partial charge in [0.1, 0.15) is 0 Å². The third-order valence-corrected chi connectivity index (χ3v) is 4.17. The molecular weight excluding hydrogens is 254 g/mol. The summed E-state index contributed by atoms with van der Waals surface area (Å²) in [6.07, 6.45) is -0.851. The highest BCUT2D eigenvalue weighted by Crippen LogP contribution is 2.18. The minimum Gasteiger partial charge on any atom is -0.449 e. The zero-order valence-corrected chi connectivity index (χ0v) is 11.5. The van der Waals surface area contributed by atoms with Crippen molar-refractivity contribution in [1.82, 2.24) is 4.31 Å². The zero-order chi connectivity index (χ0) is 13.8. The van der Waals surface area contributed by atoms with Gasteiger partial charge in [-0.05, 0) is 32.9 Å². The first-order chi connectivity index (χ1) is 8.41. The maximum Gasteiger partial charge on any atom is 0.424 e. The van der Waals surface area contributed by atoms with E-state index in [9.17, 15) is 13.2 Å². The van der Waals surface area contributed by atoms with Crippen molar-refractivity contribution >= 4 is 16.1 Å². The van der Waals surface area contributed by atoms with E-state index in [1.807, 2.05) is 0 Å². The third-order valence-electron chi connectivity index (χ3n) is 2.22. The molecule has 1 rings (SSSR count). The largest absolute Gasteiger partial charge is 0.449 e. The van der Waals surface area contributed by atoms with E-state index in [0.717, 1.165) is 4.31 Å². The molecule has 0 aromatic heterocycles. The number of nitrogens with zero attached hydrogens (tertiary/aromatic N) is 1. The number of carbonyl (C=O) groups is 1. The summed E-state index contributed by atoms with van der Waals surface area (Å²) < 4.78 is 30.2.